The zero-order valence-electron chi connectivity index (χ0n) is 10.3. The highest BCUT2D eigenvalue weighted by Crippen LogP contribution is 2.15. The molecule has 2 aromatic rings. The van der Waals surface area contributed by atoms with Gasteiger partial charge in [0.25, 0.3) is 0 Å². The van der Waals surface area contributed by atoms with Crippen LogP contribution in [0.3, 0.4) is 0 Å². The van der Waals surface area contributed by atoms with E-state index in [2.05, 4.69) is 28.9 Å². The molecule has 2 rings (SSSR count). The molecule has 0 amide bonds. The van der Waals surface area contributed by atoms with Crippen LogP contribution in [-0.4, -0.2) is 28.1 Å². The third-order valence-electron chi connectivity index (χ3n) is 2.75. The molecule has 0 unspecified atom stereocenters. The molecule has 4 nitrogen and oxygen atoms in total. The number of benzene rings is 1. The fourth-order valence-corrected chi connectivity index (χ4v) is 1.66. The SMILES string of the molecule is CCN(CC)Cc1nc(-c2ccccc2)no1. The van der Waals surface area contributed by atoms with Gasteiger partial charge in [-0.3, -0.25) is 4.90 Å². The van der Waals surface area contributed by atoms with E-state index in [9.17, 15) is 0 Å². The van der Waals surface area contributed by atoms with Gasteiger partial charge >= 0.3 is 0 Å². The van der Waals surface area contributed by atoms with Gasteiger partial charge in [0.2, 0.25) is 11.7 Å². The lowest BCUT2D eigenvalue weighted by atomic mass is 10.2. The summed E-state index contributed by atoms with van der Waals surface area (Å²) in [5.74, 6) is 1.33. The Kier molecular flexibility index (Phi) is 3.88. The van der Waals surface area contributed by atoms with Crippen molar-refractivity contribution < 1.29 is 4.52 Å². The summed E-state index contributed by atoms with van der Waals surface area (Å²) in [7, 11) is 0. The standard InChI is InChI=1S/C13H17N3O/c1-3-16(4-2)10-12-14-13(15-17-12)11-8-6-5-7-9-11/h5-9H,3-4,10H2,1-2H3. The van der Waals surface area contributed by atoms with Crippen LogP contribution >= 0.6 is 0 Å². The molecule has 90 valence electrons. The Bertz CT molecular complexity index is 449. The van der Waals surface area contributed by atoms with Crippen LogP contribution in [0, 0.1) is 0 Å². The summed E-state index contributed by atoms with van der Waals surface area (Å²) in [5.41, 5.74) is 0.988. The molecule has 0 bridgehead atoms. The van der Waals surface area contributed by atoms with Gasteiger partial charge in [-0.1, -0.05) is 49.3 Å². The van der Waals surface area contributed by atoms with Gasteiger partial charge in [0.05, 0.1) is 6.54 Å². The van der Waals surface area contributed by atoms with Crippen LogP contribution in [0.15, 0.2) is 34.9 Å². The lowest BCUT2D eigenvalue weighted by molar-refractivity contribution is 0.246. The van der Waals surface area contributed by atoms with Crippen LogP contribution in [0.4, 0.5) is 0 Å². The third-order valence-corrected chi connectivity index (χ3v) is 2.75. The molecule has 0 spiro atoms. The van der Waals surface area contributed by atoms with E-state index in [0.717, 1.165) is 18.7 Å². The predicted molar refractivity (Wildman–Crippen MR) is 66.4 cm³/mol. The van der Waals surface area contributed by atoms with Crippen molar-refractivity contribution in [2.45, 2.75) is 20.4 Å². The summed E-state index contributed by atoms with van der Waals surface area (Å²) in [6, 6.07) is 9.87. The minimum absolute atomic E-state index is 0.660. The third kappa shape index (κ3) is 2.91. The van der Waals surface area contributed by atoms with Gasteiger partial charge in [-0.15, -0.1) is 0 Å². The second-order valence-corrected chi connectivity index (χ2v) is 3.84. The Hall–Kier alpha value is -1.68. The summed E-state index contributed by atoms with van der Waals surface area (Å²) in [4.78, 5) is 6.64. The maximum absolute atomic E-state index is 5.25. The number of nitrogens with zero attached hydrogens (tertiary/aromatic N) is 3. The van der Waals surface area contributed by atoms with Gasteiger partial charge in [0.15, 0.2) is 0 Å². The molecule has 0 aliphatic heterocycles. The molecule has 1 heterocycles. The lowest BCUT2D eigenvalue weighted by Gasteiger charge is -2.14. The number of hydrogen-bond acceptors (Lipinski definition) is 4. The van der Waals surface area contributed by atoms with Gasteiger partial charge < -0.3 is 4.52 Å². The van der Waals surface area contributed by atoms with E-state index >= 15 is 0 Å². The Labute approximate surface area is 101 Å². The monoisotopic (exact) mass is 231 g/mol. The summed E-state index contributed by atoms with van der Waals surface area (Å²) < 4.78 is 5.25. The molecule has 0 atom stereocenters. The molecule has 0 fully saturated rings. The second kappa shape index (κ2) is 5.59. The van der Waals surface area contributed by atoms with Crippen molar-refractivity contribution in [3.05, 3.63) is 36.2 Å². The second-order valence-electron chi connectivity index (χ2n) is 3.84. The number of aromatic nitrogens is 2. The van der Waals surface area contributed by atoms with E-state index in [-0.39, 0.29) is 0 Å². The normalized spacial score (nSPS) is 11.0. The fraction of sp³-hybridized carbons (Fsp3) is 0.385. The van der Waals surface area contributed by atoms with E-state index in [1.165, 1.54) is 0 Å². The summed E-state index contributed by atoms with van der Waals surface area (Å²) in [6.07, 6.45) is 0. The molecule has 0 saturated heterocycles. The van der Waals surface area contributed by atoms with Crippen molar-refractivity contribution in [1.29, 1.82) is 0 Å². The van der Waals surface area contributed by atoms with Gasteiger partial charge in [-0.2, -0.15) is 4.98 Å². The summed E-state index contributed by atoms with van der Waals surface area (Å²) >= 11 is 0. The Morgan fingerprint density at radius 3 is 2.47 bits per heavy atom. The zero-order valence-corrected chi connectivity index (χ0v) is 10.3. The summed E-state index contributed by atoms with van der Waals surface area (Å²) in [5, 5.41) is 4.00. The first-order valence-electron chi connectivity index (χ1n) is 5.93. The molecule has 0 N–H and O–H groups in total. The van der Waals surface area contributed by atoms with Crippen LogP contribution in [-0.2, 0) is 6.54 Å². The van der Waals surface area contributed by atoms with Crippen LogP contribution in [0.25, 0.3) is 11.4 Å². The largest absolute Gasteiger partial charge is 0.338 e. The van der Waals surface area contributed by atoms with Gasteiger partial charge in [0, 0.05) is 5.56 Å². The Balaban J connectivity index is 2.11. The molecule has 0 aliphatic rings. The van der Waals surface area contributed by atoms with E-state index < -0.39 is 0 Å². The molecule has 0 saturated carbocycles. The molecular weight excluding hydrogens is 214 g/mol. The average molecular weight is 231 g/mol. The average Bonchev–Trinajstić information content (AvgIpc) is 2.85. The molecule has 1 aromatic heterocycles. The first-order chi connectivity index (χ1) is 8.33. The summed E-state index contributed by atoms with van der Waals surface area (Å²) in [6.45, 7) is 6.93. The fourth-order valence-electron chi connectivity index (χ4n) is 1.66. The first-order valence-corrected chi connectivity index (χ1v) is 5.93. The van der Waals surface area contributed by atoms with Crippen LogP contribution in [0.1, 0.15) is 19.7 Å². The lowest BCUT2D eigenvalue weighted by Crippen LogP contribution is -2.22. The van der Waals surface area contributed by atoms with Gasteiger partial charge in [-0.25, -0.2) is 0 Å². The molecule has 1 aromatic carbocycles. The molecule has 0 aliphatic carbocycles. The predicted octanol–water partition coefficient (Wildman–Crippen LogP) is 2.58. The molecule has 4 heteroatoms. The van der Waals surface area contributed by atoms with Gasteiger partial charge in [0.1, 0.15) is 0 Å². The van der Waals surface area contributed by atoms with Crippen molar-refractivity contribution in [2.75, 3.05) is 13.1 Å². The molecule has 0 radical (unpaired) electrons. The van der Waals surface area contributed by atoms with Gasteiger partial charge in [-0.05, 0) is 13.1 Å². The Morgan fingerprint density at radius 2 is 1.82 bits per heavy atom. The number of rotatable bonds is 5. The van der Waals surface area contributed by atoms with E-state index in [1.807, 2.05) is 30.3 Å². The van der Waals surface area contributed by atoms with E-state index in [0.29, 0.717) is 18.3 Å². The zero-order chi connectivity index (χ0) is 12.1. The molecular formula is C13H17N3O. The van der Waals surface area contributed by atoms with Crippen molar-refractivity contribution in [3.8, 4) is 11.4 Å². The number of hydrogen-bond donors (Lipinski definition) is 0. The smallest absolute Gasteiger partial charge is 0.241 e. The van der Waals surface area contributed by atoms with E-state index in [4.69, 9.17) is 4.52 Å². The minimum atomic E-state index is 0.660. The Morgan fingerprint density at radius 1 is 1.12 bits per heavy atom. The van der Waals surface area contributed by atoms with Crippen LogP contribution in [0.5, 0.6) is 0 Å². The topological polar surface area (TPSA) is 42.2 Å². The van der Waals surface area contributed by atoms with Crippen LogP contribution in [0.2, 0.25) is 0 Å². The van der Waals surface area contributed by atoms with Crippen molar-refractivity contribution in [2.24, 2.45) is 0 Å². The maximum Gasteiger partial charge on any atom is 0.241 e. The molecule has 17 heavy (non-hydrogen) atoms. The highest BCUT2D eigenvalue weighted by Gasteiger charge is 2.10. The van der Waals surface area contributed by atoms with Crippen molar-refractivity contribution in [1.82, 2.24) is 15.0 Å². The van der Waals surface area contributed by atoms with Crippen molar-refractivity contribution >= 4 is 0 Å². The first kappa shape index (κ1) is 11.8. The van der Waals surface area contributed by atoms with Crippen LogP contribution < -0.4 is 0 Å². The highest BCUT2D eigenvalue weighted by molar-refractivity contribution is 5.53. The minimum Gasteiger partial charge on any atom is -0.338 e. The highest BCUT2D eigenvalue weighted by atomic mass is 16.5. The maximum atomic E-state index is 5.25. The quantitative estimate of drug-likeness (QED) is 0.793. The van der Waals surface area contributed by atoms with Crippen molar-refractivity contribution in [3.63, 3.8) is 0 Å². The van der Waals surface area contributed by atoms with E-state index in [1.54, 1.807) is 0 Å².